The van der Waals surface area contributed by atoms with Crippen LogP contribution < -0.4 is 10.3 Å². The molecule has 1 N–H and O–H groups in total. The molecule has 1 saturated heterocycles. The molecule has 2 aromatic rings. The molecule has 25 heavy (non-hydrogen) atoms. The second-order valence-corrected chi connectivity index (χ2v) is 6.53. The summed E-state index contributed by atoms with van der Waals surface area (Å²) in [6.07, 6.45) is 6.56. The summed E-state index contributed by atoms with van der Waals surface area (Å²) in [5.74, 6) is 1.90. The summed E-state index contributed by atoms with van der Waals surface area (Å²) in [4.78, 5) is 21.3. The number of H-pyrrole nitrogens is 1. The lowest BCUT2D eigenvalue weighted by Crippen LogP contribution is -2.35. The molecule has 1 aromatic heterocycles. The highest BCUT2D eigenvalue weighted by atomic mass is 16.5. The monoisotopic (exact) mass is 339 g/mol. The lowest BCUT2D eigenvalue weighted by Gasteiger charge is -2.31. The molecule has 3 rings (SSSR count). The first-order valence-corrected chi connectivity index (χ1v) is 8.75. The SMILES string of the molecule is COc1ccc(/C=C/CN2CCCC(c3cc(=O)[nH]c(C)n3)C2)cc1. The van der Waals surface area contributed by atoms with Crippen molar-refractivity contribution < 1.29 is 4.74 Å². The molecule has 0 saturated carbocycles. The maximum absolute atomic E-state index is 11.7. The lowest BCUT2D eigenvalue weighted by atomic mass is 9.94. The third kappa shape index (κ3) is 4.79. The Balaban J connectivity index is 1.59. The first kappa shape index (κ1) is 17.4. The average molecular weight is 339 g/mol. The Morgan fingerprint density at radius 1 is 1.36 bits per heavy atom. The number of nitrogens with zero attached hydrogens (tertiary/aromatic N) is 2. The molecule has 1 aromatic carbocycles. The van der Waals surface area contributed by atoms with Gasteiger partial charge in [0.2, 0.25) is 0 Å². The molecule has 0 amide bonds. The molecular weight excluding hydrogens is 314 g/mol. The van der Waals surface area contributed by atoms with E-state index < -0.39 is 0 Å². The number of likely N-dealkylation sites (tertiary alicyclic amines) is 1. The highest BCUT2D eigenvalue weighted by molar-refractivity contribution is 5.50. The van der Waals surface area contributed by atoms with Gasteiger partial charge < -0.3 is 9.72 Å². The van der Waals surface area contributed by atoms with Crippen molar-refractivity contribution in [3.8, 4) is 5.75 Å². The van der Waals surface area contributed by atoms with Gasteiger partial charge in [0.1, 0.15) is 11.6 Å². The van der Waals surface area contributed by atoms with Crippen LogP contribution in [-0.2, 0) is 0 Å². The number of nitrogens with one attached hydrogen (secondary N) is 1. The van der Waals surface area contributed by atoms with Crippen molar-refractivity contribution >= 4 is 6.08 Å². The van der Waals surface area contributed by atoms with Crippen LogP contribution in [0.25, 0.3) is 6.08 Å². The Morgan fingerprint density at radius 2 is 2.16 bits per heavy atom. The fourth-order valence-electron chi connectivity index (χ4n) is 3.33. The molecule has 1 aliphatic heterocycles. The van der Waals surface area contributed by atoms with E-state index in [2.05, 4.69) is 39.2 Å². The van der Waals surface area contributed by atoms with Gasteiger partial charge in [-0.25, -0.2) is 4.98 Å². The molecule has 2 heterocycles. The van der Waals surface area contributed by atoms with E-state index in [1.807, 2.05) is 19.1 Å². The summed E-state index contributed by atoms with van der Waals surface area (Å²) in [6, 6.07) is 9.69. The number of benzene rings is 1. The van der Waals surface area contributed by atoms with Gasteiger partial charge in [-0.1, -0.05) is 24.3 Å². The van der Waals surface area contributed by atoms with E-state index in [1.54, 1.807) is 13.2 Å². The number of hydrogen-bond acceptors (Lipinski definition) is 4. The third-order valence-electron chi connectivity index (χ3n) is 4.59. The van der Waals surface area contributed by atoms with Crippen molar-refractivity contribution in [2.45, 2.75) is 25.7 Å². The summed E-state index contributed by atoms with van der Waals surface area (Å²) in [6.45, 7) is 4.78. The van der Waals surface area contributed by atoms with Crippen LogP contribution in [0.1, 0.15) is 35.8 Å². The Kier molecular flexibility index (Phi) is 5.66. The van der Waals surface area contributed by atoms with Crippen LogP contribution in [0.4, 0.5) is 0 Å². The molecule has 5 heteroatoms. The minimum absolute atomic E-state index is 0.0565. The molecule has 132 valence electrons. The van der Waals surface area contributed by atoms with Crippen molar-refractivity contribution in [3.63, 3.8) is 0 Å². The van der Waals surface area contributed by atoms with Crippen molar-refractivity contribution in [2.75, 3.05) is 26.7 Å². The van der Waals surface area contributed by atoms with Crippen molar-refractivity contribution in [1.82, 2.24) is 14.9 Å². The Labute approximate surface area is 148 Å². The smallest absolute Gasteiger partial charge is 0.251 e. The molecule has 1 aliphatic rings. The average Bonchev–Trinajstić information content (AvgIpc) is 2.62. The number of aryl methyl sites for hydroxylation is 1. The Morgan fingerprint density at radius 3 is 2.88 bits per heavy atom. The molecule has 0 radical (unpaired) electrons. The second-order valence-electron chi connectivity index (χ2n) is 6.53. The topological polar surface area (TPSA) is 58.2 Å². The predicted octanol–water partition coefficient (Wildman–Crippen LogP) is 2.98. The normalized spacial score (nSPS) is 18.6. The molecule has 0 aliphatic carbocycles. The zero-order chi connectivity index (χ0) is 17.6. The van der Waals surface area contributed by atoms with Gasteiger partial charge in [0.15, 0.2) is 0 Å². The number of hydrogen-bond donors (Lipinski definition) is 1. The van der Waals surface area contributed by atoms with Crippen LogP contribution >= 0.6 is 0 Å². The summed E-state index contributed by atoms with van der Waals surface area (Å²) in [5.41, 5.74) is 2.03. The quantitative estimate of drug-likeness (QED) is 0.910. The van der Waals surface area contributed by atoms with Crippen LogP contribution in [0.3, 0.4) is 0 Å². The number of methoxy groups -OCH3 is 1. The lowest BCUT2D eigenvalue weighted by molar-refractivity contribution is 0.226. The van der Waals surface area contributed by atoms with Gasteiger partial charge in [0.05, 0.1) is 12.8 Å². The van der Waals surface area contributed by atoms with E-state index in [9.17, 15) is 4.79 Å². The molecule has 0 bridgehead atoms. The van der Waals surface area contributed by atoms with Gasteiger partial charge in [-0.15, -0.1) is 0 Å². The standard InChI is InChI=1S/C20H25N3O2/c1-15-21-19(13-20(24)22-15)17-6-4-12-23(14-17)11-3-5-16-7-9-18(25-2)10-8-16/h3,5,7-10,13,17H,4,6,11-12,14H2,1-2H3,(H,21,22,24)/b5-3+. The van der Waals surface area contributed by atoms with Gasteiger partial charge in [-0.2, -0.15) is 0 Å². The van der Waals surface area contributed by atoms with E-state index in [0.29, 0.717) is 11.7 Å². The van der Waals surface area contributed by atoms with Gasteiger partial charge in [-0.3, -0.25) is 9.69 Å². The zero-order valence-corrected chi connectivity index (χ0v) is 14.9. The zero-order valence-electron chi connectivity index (χ0n) is 14.9. The minimum atomic E-state index is -0.0565. The molecule has 0 spiro atoms. The minimum Gasteiger partial charge on any atom is -0.497 e. The Bertz CT molecular complexity index is 780. The number of ether oxygens (including phenoxy) is 1. The molecule has 1 fully saturated rings. The van der Waals surface area contributed by atoms with E-state index in [1.165, 1.54) is 5.56 Å². The van der Waals surface area contributed by atoms with Crippen LogP contribution in [0.15, 0.2) is 41.2 Å². The second kappa shape index (κ2) is 8.12. The third-order valence-corrected chi connectivity index (χ3v) is 4.59. The number of aromatic nitrogens is 2. The largest absolute Gasteiger partial charge is 0.497 e. The number of rotatable bonds is 5. The number of piperidine rings is 1. The summed E-state index contributed by atoms with van der Waals surface area (Å²) >= 11 is 0. The van der Waals surface area contributed by atoms with Crippen molar-refractivity contribution in [3.05, 3.63) is 63.8 Å². The Hall–Kier alpha value is -2.40. The first-order valence-electron chi connectivity index (χ1n) is 8.75. The maximum atomic E-state index is 11.7. The van der Waals surface area contributed by atoms with Gasteiger partial charge >= 0.3 is 0 Å². The fraction of sp³-hybridized carbons (Fsp3) is 0.400. The number of aromatic amines is 1. The van der Waals surface area contributed by atoms with Crippen LogP contribution in [0.5, 0.6) is 5.75 Å². The van der Waals surface area contributed by atoms with Crippen molar-refractivity contribution in [2.24, 2.45) is 0 Å². The van der Waals surface area contributed by atoms with E-state index in [4.69, 9.17) is 4.74 Å². The summed E-state index contributed by atoms with van der Waals surface area (Å²) < 4.78 is 5.18. The first-order chi connectivity index (χ1) is 12.1. The van der Waals surface area contributed by atoms with Crippen molar-refractivity contribution in [1.29, 1.82) is 0 Å². The highest BCUT2D eigenvalue weighted by Crippen LogP contribution is 2.24. The van der Waals surface area contributed by atoms with E-state index in [-0.39, 0.29) is 5.56 Å². The molecule has 1 atom stereocenters. The summed E-state index contributed by atoms with van der Waals surface area (Å²) in [5, 5.41) is 0. The van der Waals surface area contributed by atoms with E-state index >= 15 is 0 Å². The van der Waals surface area contributed by atoms with Crippen LogP contribution in [-0.4, -0.2) is 41.6 Å². The fourth-order valence-corrected chi connectivity index (χ4v) is 3.33. The summed E-state index contributed by atoms with van der Waals surface area (Å²) in [7, 11) is 1.68. The highest BCUT2D eigenvalue weighted by Gasteiger charge is 2.22. The van der Waals surface area contributed by atoms with E-state index in [0.717, 1.165) is 43.9 Å². The van der Waals surface area contributed by atoms with Gasteiger partial charge in [0, 0.05) is 25.1 Å². The van der Waals surface area contributed by atoms with Crippen LogP contribution in [0.2, 0.25) is 0 Å². The maximum Gasteiger partial charge on any atom is 0.251 e. The predicted molar refractivity (Wildman–Crippen MR) is 100 cm³/mol. The van der Waals surface area contributed by atoms with Gasteiger partial charge in [0.25, 0.3) is 5.56 Å². The van der Waals surface area contributed by atoms with Gasteiger partial charge in [-0.05, 0) is 44.0 Å². The van der Waals surface area contributed by atoms with Crippen LogP contribution in [0, 0.1) is 6.92 Å². The molecule has 5 nitrogen and oxygen atoms in total. The molecular formula is C20H25N3O2. The molecule has 1 unspecified atom stereocenters.